The van der Waals surface area contributed by atoms with Crippen LogP contribution in [0, 0.1) is 0 Å². The highest BCUT2D eigenvalue weighted by molar-refractivity contribution is 7.33. The van der Waals surface area contributed by atoms with Crippen LogP contribution in [0.5, 0.6) is 0 Å². The number of hydrogen-bond donors (Lipinski definition) is 0. The Balaban J connectivity index is 1.56. The average molecular weight is 250 g/mol. The fraction of sp³-hybridized carbons (Fsp3) is 1.00. The van der Waals surface area contributed by atoms with E-state index < -0.39 is 8.25 Å². The van der Waals surface area contributed by atoms with Gasteiger partial charge < -0.3 is 18.5 Å². The minimum atomic E-state index is -2.41. The maximum Gasteiger partial charge on any atom is 0.319 e. The van der Waals surface area contributed by atoms with Crippen molar-refractivity contribution >= 4 is 8.25 Å². The van der Waals surface area contributed by atoms with Gasteiger partial charge in [-0.05, 0) is 27.7 Å². The Morgan fingerprint density at radius 3 is 1.56 bits per heavy atom. The van der Waals surface area contributed by atoms with E-state index in [-0.39, 0.29) is 23.4 Å². The molecule has 2 fully saturated rings. The third kappa shape index (κ3) is 3.05. The van der Waals surface area contributed by atoms with Gasteiger partial charge in [-0.1, -0.05) is 0 Å². The molecule has 6 heteroatoms. The van der Waals surface area contributed by atoms with Crippen LogP contribution in [0.2, 0.25) is 0 Å². The molecule has 0 aromatic rings. The molecule has 0 spiro atoms. The van der Waals surface area contributed by atoms with E-state index in [4.69, 9.17) is 18.5 Å². The summed E-state index contributed by atoms with van der Waals surface area (Å²) in [7, 11) is -2.41. The lowest BCUT2D eigenvalue weighted by Crippen LogP contribution is -2.10. The molecule has 0 N–H and O–H groups in total. The molecule has 0 aliphatic carbocycles. The molecule has 0 amide bonds. The van der Waals surface area contributed by atoms with Gasteiger partial charge in [-0.2, -0.15) is 0 Å². The summed E-state index contributed by atoms with van der Waals surface area (Å²) >= 11 is 0. The second-order valence-electron chi connectivity index (χ2n) is 5.29. The number of hydrogen-bond acceptors (Lipinski definition) is 5. The standard InChI is InChI=1S/C10H19O5P/c1-9(2)7(14-9)5-12-16(11)13-6-8-10(3,4)15-8/h7-8,16H,5-6H2,1-4H3. The zero-order chi connectivity index (χ0) is 12.0. The van der Waals surface area contributed by atoms with E-state index in [1.807, 2.05) is 27.7 Å². The van der Waals surface area contributed by atoms with Gasteiger partial charge in [0, 0.05) is 0 Å². The first-order chi connectivity index (χ1) is 7.31. The zero-order valence-electron chi connectivity index (χ0n) is 10.1. The molecular formula is C10H19O5P. The van der Waals surface area contributed by atoms with E-state index in [1.165, 1.54) is 0 Å². The van der Waals surface area contributed by atoms with Crippen molar-refractivity contribution in [3.63, 3.8) is 0 Å². The summed E-state index contributed by atoms with van der Waals surface area (Å²) in [5.74, 6) is 0. The largest absolute Gasteiger partial charge is 0.364 e. The van der Waals surface area contributed by atoms with Crippen LogP contribution in [-0.2, 0) is 23.1 Å². The fourth-order valence-electron chi connectivity index (χ4n) is 1.46. The van der Waals surface area contributed by atoms with E-state index in [0.29, 0.717) is 13.2 Å². The summed E-state index contributed by atoms with van der Waals surface area (Å²) < 4.78 is 32.1. The van der Waals surface area contributed by atoms with Crippen molar-refractivity contribution in [3.05, 3.63) is 0 Å². The van der Waals surface area contributed by atoms with Crippen LogP contribution in [-0.4, -0.2) is 36.6 Å². The summed E-state index contributed by atoms with van der Waals surface area (Å²) in [5.41, 5.74) is -0.270. The Bertz CT molecular complexity index is 274. The van der Waals surface area contributed by atoms with E-state index in [9.17, 15) is 4.57 Å². The molecule has 0 radical (unpaired) electrons. The third-order valence-corrected chi connectivity index (χ3v) is 3.84. The third-order valence-electron chi connectivity index (χ3n) is 3.03. The predicted molar refractivity (Wildman–Crippen MR) is 58.8 cm³/mol. The topological polar surface area (TPSA) is 60.6 Å². The summed E-state index contributed by atoms with van der Waals surface area (Å²) in [6.07, 6.45) is 0.0809. The molecule has 5 nitrogen and oxygen atoms in total. The Kier molecular flexibility index (Phi) is 3.19. The van der Waals surface area contributed by atoms with Gasteiger partial charge in [0.2, 0.25) is 0 Å². The minimum absolute atomic E-state index is 0.0404. The molecule has 2 atom stereocenters. The van der Waals surface area contributed by atoms with Crippen molar-refractivity contribution in [1.82, 2.24) is 0 Å². The van der Waals surface area contributed by atoms with Crippen LogP contribution in [0.15, 0.2) is 0 Å². The van der Waals surface area contributed by atoms with Crippen LogP contribution in [0.25, 0.3) is 0 Å². The highest BCUT2D eigenvalue weighted by Gasteiger charge is 2.49. The van der Waals surface area contributed by atoms with Gasteiger partial charge in [-0.15, -0.1) is 0 Å². The summed E-state index contributed by atoms with van der Waals surface area (Å²) in [5, 5.41) is 0. The molecule has 0 saturated carbocycles. The SMILES string of the molecule is CC1(C)OC1CO[PH](=O)OCC1OC1(C)C. The van der Waals surface area contributed by atoms with E-state index in [1.54, 1.807) is 0 Å². The van der Waals surface area contributed by atoms with Crippen LogP contribution in [0.1, 0.15) is 27.7 Å². The normalized spacial score (nSPS) is 35.8. The lowest BCUT2D eigenvalue weighted by atomic mass is 10.1. The van der Waals surface area contributed by atoms with E-state index in [2.05, 4.69) is 0 Å². The molecular weight excluding hydrogens is 231 g/mol. The van der Waals surface area contributed by atoms with Gasteiger partial charge >= 0.3 is 8.25 Å². The molecule has 2 unspecified atom stereocenters. The molecule has 16 heavy (non-hydrogen) atoms. The lowest BCUT2D eigenvalue weighted by Gasteiger charge is -2.03. The molecule has 0 aromatic carbocycles. The smallest absolute Gasteiger partial charge is 0.319 e. The van der Waals surface area contributed by atoms with Crippen LogP contribution in [0.4, 0.5) is 0 Å². The molecule has 0 bridgehead atoms. The van der Waals surface area contributed by atoms with Gasteiger partial charge in [0.05, 0.1) is 24.4 Å². The minimum Gasteiger partial charge on any atom is -0.364 e. The van der Waals surface area contributed by atoms with Crippen LogP contribution < -0.4 is 0 Å². The van der Waals surface area contributed by atoms with Gasteiger partial charge in [0.25, 0.3) is 0 Å². The summed E-state index contributed by atoms with van der Waals surface area (Å²) in [6, 6.07) is 0. The number of epoxide rings is 2. The van der Waals surface area contributed by atoms with Gasteiger partial charge in [0.15, 0.2) is 0 Å². The second-order valence-corrected chi connectivity index (χ2v) is 6.37. The number of ether oxygens (including phenoxy) is 2. The molecule has 0 aromatic heterocycles. The Morgan fingerprint density at radius 1 is 1.00 bits per heavy atom. The van der Waals surface area contributed by atoms with E-state index >= 15 is 0 Å². The Morgan fingerprint density at radius 2 is 1.31 bits per heavy atom. The average Bonchev–Trinajstić information content (AvgIpc) is 2.96. The molecule has 2 aliphatic rings. The van der Waals surface area contributed by atoms with Gasteiger partial charge in [-0.25, -0.2) is 0 Å². The molecule has 2 heterocycles. The fourth-order valence-corrected chi connectivity index (χ4v) is 2.12. The summed E-state index contributed by atoms with van der Waals surface area (Å²) in [4.78, 5) is 0. The zero-order valence-corrected chi connectivity index (χ0v) is 11.1. The van der Waals surface area contributed by atoms with Crippen molar-refractivity contribution in [3.8, 4) is 0 Å². The predicted octanol–water partition coefficient (Wildman–Crippen LogP) is 1.76. The Labute approximate surface area is 96.3 Å². The number of rotatable bonds is 6. The first-order valence-corrected chi connectivity index (χ1v) is 6.69. The van der Waals surface area contributed by atoms with Crippen molar-refractivity contribution in [2.24, 2.45) is 0 Å². The van der Waals surface area contributed by atoms with Crippen molar-refractivity contribution in [2.45, 2.75) is 51.1 Å². The highest BCUT2D eigenvalue weighted by Crippen LogP contribution is 2.40. The Hall–Kier alpha value is 0.0700. The van der Waals surface area contributed by atoms with Gasteiger partial charge in [-0.3, -0.25) is 4.57 Å². The first-order valence-electron chi connectivity index (χ1n) is 5.46. The first kappa shape index (κ1) is 12.5. The highest BCUT2D eigenvalue weighted by atomic mass is 31.1. The maximum absolute atomic E-state index is 11.4. The van der Waals surface area contributed by atoms with Crippen molar-refractivity contribution < 1.29 is 23.1 Å². The van der Waals surface area contributed by atoms with E-state index in [0.717, 1.165) is 0 Å². The molecule has 2 rings (SSSR count). The maximum atomic E-state index is 11.4. The molecule has 2 saturated heterocycles. The molecule has 94 valence electrons. The lowest BCUT2D eigenvalue weighted by molar-refractivity contribution is 0.193. The van der Waals surface area contributed by atoms with Gasteiger partial charge in [0.1, 0.15) is 12.2 Å². The van der Waals surface area contributed by atoms with Crippen LogP contribution >= 0.6 is 8.25 Å². The second kappa shape index (κ2) is 4.07. The quantitative estimate of drug-likeness (QED) is 0.531. The van der Waals surface area contributed by atoms with Crippen molar-refractivity contribution in [1.29, 1.82) is 0 Å². The van der Waals surface area contributed by atoms with Crippen molar-refractivity contribution in [2.75, 3.05) is 13.2 Å². The summed E-state index contributed by atoms with van der Waals surface area (Å²) in [6.45, 7) is 8.55. The monoisotopic (exact) mass is 250 g/mol. The molecule has 2 aliphatic heterocycles. The van der Waals surface area contributed by atoms with Crippen LogP contribution in [0.3, 0.4) is 0 Å².